The second kappa shape index (κ2) is 3.61. The van der Waals surface area contributed by atoms with E-state index in [1.807, 2.05) is 32.0 Å². The topological polar surface area (TPSA) is 77.0 Å². The molecule has 2 aromatic rings. The second-order valence-corrected chi connectivity index (χ2v) is 3.32. The fourth-order valence-corrected chi connectivity index (χ4v) is 1.29. The molecule has 5 nitrogen and oxygen atoms in total. The number of anilines is 3. The molecule has 3 N–H and O–H groups in total. The summed E-state index contributed by atoms with van der Waals surface area (Å²) < 4.78 is 5.03. The third kappa shape index (κ3) is 1.90. The molecule has 0 atom stereocenters. The van der Waals surface area contributed by atoms with Crippen LogP contribution in [0.3, 0.4) is 0 Å². The Morgan fingerprint density at radius 3 is 2.73 bits per heavy atom. The molecule has 0 radical (unpaired) electrons. The molecule has 1 heterocycles. The summed E-state index contributed by atoms with van der Waals surface area (Å²) in [6.07, 6.45) is 0. The minimum Gasteiger partial charge on any atom is -0.389 e. The quantitative estimate of drug-likeness (QED) is 0.782. The molecule has 5 heteroatoms. The van der Waals surface area contributed by atoms with Crippen molar-refractivity contribution < 1.29 is 4.42 Å². The molecule has 0 spiro atoms. The first-order valence-corrected chi connectivity index (χ1v) is 4.59. The molecule has 0 aliphatic carbocycles. The highest BCUT2D eigenvalue weighted by molar-refractivity contribution is 5.59. The van der Waals surface area contributed by atoms with Gasteiger partial charge in [0.1, 0.15) is 0 Å². The largest absolute Gasteiger partial charge is 0.389 e. The zero-order valence-corrected chi connectivity index (χ0v) is 8.61. The predicted octanol–water partition coefficient (Wildman–Crippen LogP) is 2.01. The van der Waals surface area contributed by atoms with Gasteiger partial charge in [0.2, 0.25) is 0 Å². The molecule has 1 aromatic heterocycles. The van der Waals surface area contributed by atoms with Crippen molar-refractivity contribution in [2.75, 3.05) is 11.1 Å². The first-order chi connectivity index (χ1) is 7.16. The lowest BCUT2D eigenvalue weighted by Crippen LogP contribution is -1.94. The lowest BCUT2D eigenvalue weighted by atomic mass is 10.1. The monoisotopic (exact) mass is 204 g/mol. The smallest absolute Gasteiger partial charge is 0.321 e. The first-order valence-electron chi connectivity index (χ1n) is 4.59. The van der Waals surface area contributed by atoms with Gasteiger partial charge in [0.25, 0.3) is 0 Å². The number of aryl methyl sites for hydroxylation is 1. The maximum absolute atomic E-state index is 5.32. The highest BCUT2D eigenvalue weighted by atomic mass is 16.4. The normalized spacial score (nSPS) is 10.3. The average molecular weight is 204 g/mol. The van der Waals surface area contributed by atoms with Crippen LogP contribution in [-0.4, -0.2) is 10.2 Å². The molecular formula is C10H12N4O. The van der Waals surface area contributed by atoms with Gasteiger partial charge in [-0.15, -0.1) is 0 Å². The summed E-state index contributed by atoms with van der Waals surface area (Å²) in [4.78, 5) is 0. The Hall–Kier alpha value is -2.04. The number of nitrogens with zero attached hydrogens (tertiary/aromatic N) is 2. The van der Waals surface area contributed by atoms with E-state index in [0.29, 0.717) is 6.01 Å². The van der Waals surface area contributed by atoms with E-state index in [4.69, 9.17) is 10.2 Å². The number of rotatable bonds is 2. The van der Waals surface area contributed by atoms with Gasteiger partial charge in [-0.1, -0.05) is 22.3 Å². The van der Waals surface area contributed by atoms with Crippen LogP contribution in [0.1, 0.15) is 11.1 Å². The number of nitrogens with two attached hydrogens (primary N) is 1. The zero-order chi connectivity index (χ0) is 10.8. The molecule has 0 amide bonds. The Kier molecular flexibility index (Phi) is 2.29. The molecule has 15 heavy (non-hydrogen) atoms. The molecule has 1 aromatic carbocycles. The molecule has 0 unspecified atom stereocenters. The van der Waals surface area contributed by atoms with Crippen LogP contribution in [0.5, 0.6) is 0 Å². The molecule has 78 valence electrons. The van der Waals surface area contributed by atoms with Gasteiger partial charge in [0.05, 0.1) is 0 Å². The molecule has 0 aliphatic rings. The number of aromatic nitrogens is 2. The van der Waals surface area contributed by atoms with Crippen molar-refractivity contribution in [2.24, 2.45) is 0 Å². The summed E-state index contributed by atoms with van der Waals surface area (Å²) >= 11 is 0. The third-order valence-corrected chi connectivity index (χ3v) is 2.29. The van der Waals surface area contributed by atoms with Crippen molar-refractivity contribution in [1.82, 2.24) is 10.2 Å². The lowest BCUT2D eigenvalue weighted by Gasteiger charge is -2.07. The maximum Gasteiger partial charge on any atom is 0.321 e. The van der Waals surface area contributed by atoms with Crippen molar-refractivity contribution >= 4 is 17.7 Å². The number of benzene rings is 1. The SMILES string of the molecule is Cc1cccc(Nc2nnc(N)o2)c1C. The van der Waals surface area contributed by atoms with Gasteiger partial charge in [0.15, 0.2) is 0 Å². The molecule has 0 bridgehead atoms. The molecule has 0 saturated heterocycles. The summed E-state index contributed by atoms with van der Waals surface area (Å²) in [5, 5.41) is 10.3. The van der Waals surface area contributed by atoms with E-state index in [9.17, 15) is 0 Å². The summed E-state index contributed by atoms with van der Waals surface area (Å²) in [5.41, 5.74) is 8.61. The summed E-state index contributed by atoms with van der Waals surface area (Å²) in [6, 6.07) is 6.32. The van der Waals surface area contributed by atoms with E-state index in [1.165, 1.54) is 5.56 Å². The van der Waals surface area contributed by atoms with Crippen molar-refractivity contribution in [2.45, 2.75) is 13.8 Å². The van der Waals surface area contributed by atoms with Crippen molar-refractivity contribution in [3.05, 3.63) is 29.3 Å². The molecule has 0 saturated carbocycles. The summed E-state index contributed by atoms with van der Waals surface area (Å²) in [5.74, 6) is 0. The van der Waals surface area contributed by atoms with E-state index in [-0.39, 0.29) is 6.01 Å². The van der Waals surface area contributed by atoms with E-state index < -0.39 is 0 Å². The van der Waals surface area contributed by atoms with Crippen LogP contribution >= 0.6 is 0 Å². The predicted molar refractivity (Wildman–Crippen MR) is 57.9 cm³/mol. The van der Waals surface area contributed by atoms with Crippen LogP contribution in [0.2, 0.25) is 0 Å². The van der Waals surface area contributed by atoms with Crippen molar-refractivity contribution in [3.8, 4) is 0 Å². The Labute approximate surface area is 87.3 Å². The second-order valence-electron chi connectivity index (χ2n) is 3.32. The summed E-state index contributed by atoms with van der Waals surface area (Å²) in [6.45, 7) is 4.07. The van der Waals surface area contributed by atoms with E-state index in [1.54, 1.807) is 0 Å². The van der Waals surface area contributed by atoms with Crippen LogP contribution in [0.15, 0.2) is 22.6 Å². The Bertz CT molecular complexity index is 478. The van der Waals surface area contributed by atoms with E-state index in [0.717, 1.165) is 11.3 Å². The standard InChI is InChI=1S/C10H12N4O/c1-6-4-3-5-8(7(6)2)12-10-14-13-9(11)15-10/h3-5H,1-2H3,(H2,11,13)(H,12,14). The van der Waals surface area contributed by atoms with Gasteiger partial charge in [-0.3, -0.25) is 0 Å². The van der Waals surface area contributed by atoms with Crippen LogP contribution in [-0.2, 0) is 0 Å². The van der Waals surface area contributed by atoms with E-state index in [2.05, 4.69) is 15.5 Å². The van der Waals surface area contributed by atoms with Crippen molar-refractivity contribution in [3.63, 3.8) is 0 Å². The maximum atomic E-state index is 5.32. The van der Waals surface area contributed by atoms with Crippen LogP contribution in [0, 0.1) is 13.8 Å². The van der Waals surface area contributed by atoms with Gasteiger partial charge >= 0.3 is 12.0 Å². The number of hydrogen-bond donors (Lipinski definition) is 2. The van der Waals surface area contributed by atoms with Gasteiger partial charge < -0.3 is 15.5 Å². The highest BCUT2D eigenvalue weighted by Gasteiger charge is 2.05. The van der Waals surface area contributed by atoms with Crippen LogP contribution in [0.4, 0.5) is 17.7 Å². The van der Waals surface area contributed by atoms with Crippen LogP contribution in [0.25, 0.3) is 0 Å². The number of nitrogens with one attached hydrogen (secondary N) is 1. The number of nitrogen functional groups attached to an aromatic ring is 1. The highest BCUT2D eigenvalue weighted by Crippen LogP contribution is 2.22. The van der Waals surface area contributed by atoms with Crippen LogP contribution < -0.4 is 11.1 Å². The third-order valence-electron chi connectivity index (χ3n) is 2.29. The molecular weight excluding hydrogens is 192 g/mol. The van der Waals surface area contributed by atoms with Gasteiger partial charge in [-0.05, 0) is 31.0 Å². The van der Waals surface area contributed by atoms with E-state index >= 15 is 0 Å². The van der Waals surface area contributed by atoms with Gasteiger partial charge in [-0.2, -0.15) is 0 Å². The first kappa shape index (κ1) is 9.51. The minimum atomic E-state index is 0.0582. The molecule has 2 rings (SSSR count). The summed E-state index contributed by atoms with van der Waals surface area (Å²) in [7, 11) is 0. The Balaban J connectivity index is 2.28. The molecule has 0 fully saturated rings. The minimum absolute atomic E-state index is 0.0582. The zero-order valence-electron chi connectivity index (χ0n) is 8.61. The average Bonchev–Trinajstić information content (AvgIpc) is 2.59. The molecule has 0 aliphatic heterocycles. The Morgan fingerprint density at radius 1 is 1.27 bits per heavy atom. The fourth-order valence-electron chi connectivity index (χ4n) is 1.29. The lowest BCUT2D eigenvalue weighted by molar-refractivity contribution is 0.593. The number of hydrogen-bond acceptors (Lipinski definition) is 5. The fraction of sp³-hybridized carbons (Fsp3) is 0.200. The van der Waals surface area contributed by atoms with Crippen molar-refractivity contribution in [1.29, 1.82) is 0 Å². The van der Waals surface area contributed by atoms with Gasteiger partial charge in [-0.25, -0.2) is 0 Å². The Morgan fingerprint density at radius 2 is 2.07 bits per heavy atom. The van der Waals surface area contributed by atoms with Gasteiger partial charge in [0, 0.05) is 5.69 Å².